The topological polar surface area (TPSA) is 83.0 Å². The summed E-state index contributed by atoms with van der Waals surface area (Å²) in [5, 5.41) is 16.2. The molecule has 3 N–H and O–H groups in total. The highest BCUT2D eigenvalue weighted by molar-refractivity contribution is 6.30. The van der Waals surface area contributed by atoms with Crippen molar-refractivity contribution in [3.05, 3.63) is 59.8 Å². The van der Waals surface area contributed by atoms with Crippen LogP contribution in [-0.2, 0) is 0 Å². The zero-order valence-corrected chi connectivity index (χ0v) is 14.4. The summed E-state index contributed by atoms with van der Waals surface area (Å²) in [6.45, 7) is 1.83. The Kier molecular flexibility index (Phi) is 5.42. The third-order valence-corrected chi connectivity index (χ3v) is 3.67. The maximum absolute atomic E-state index is 9.25. The number of pyridine rings is 1. The lowest BCUT2D eigenvalue weighted by Gasteiger charge is -2.14. The van der Waals surface area contributed by atoms with Gasteiger partial charge in [-0.1, -0.05) is 17.7 Å². The number of hydrogen-bond acceptors (Lipinski definition) is 6. The Morgan fingerprint density at radius 3 is 2.56 bits per heavy atom. The standard InChI is InChI=1S/C18H18ClN5O/c1-12(11-25)21-18-23-16(15-4-2-3-9-20-15)10-17(24-18)22-14-7-5-13(19)6-8-14/h2-10,12,25H,11H2,1H3,(H2,21,22,23,24)/t12-/m1/s1. The minimum absolute atomic E-state index is 0.0167. The van der Waals surface area contributed by atoms with E-state index in [0.29, 0.717) is 22.5 Å². The van der Waals surface area contributed by atoms with Crippen LogP contribution in [-0.4, -0.2) is 32.7 Å². The van der Waals surface area contributed by atoms with E-state index in [2.05, 4.69) is 25.6 Å². The Morgan fingerprint density at radius 1 is 1.08 bits per heavy atom. The molecular formula is C18H18ClN5O. The molecule has 0 amide bonds. The summed E-state index contributed by atoms with van der Waals surface area (Å²) < 4.78 is 0. The number of nitrogens with zero attached hydrogens (tertiary/aromatic N) is 3. The Hall–Kier alpha value is -2.70. The first kappa shape index (κ1) is 17.1. The maximum atomic E-state index is 9.25. The van der Waals surface area contributed by atoms with Crippen molar-refractivity contribution in [3.8, 4) is 11.4 Å². The second-order valence-electron chi connectivity index (χ2n) is 5.54. The predicted molar refractivity (Wildman–Crippen MR) is 100 cm³/mol. The zero-order chi connectivity index (χ0) is 17.6. The molecule has 1 atom stereocenters. The van der Waals surface area contributed by atoms with E-state index in [1.807, 2.05) is 43.3 Å². The Balaban J connectivity index is 1.95. The molecule has 0 saturated heterocycles. The van der Waals surface area contributed by atoms with Crippen LogP contribution in [0.15, 0.2) is 54.7 Å². The summed E-state index contributed by atoms with van der Waals surface area (Å²) >= 11 is 5.92. The summed E-state index contributed by atoms with van der Waals surface area (Å²) in [7, 11) is 0. The molecule has 2 aromatic heterocycles. The molecule has 7 heteroatoms. The van der Waals surface area contributed by atoms with E-state index in [9.17, 15) is 5.11 Å². The van der Waals surface area contributed by atoms with Crippen LogP contribution >= 0.6 is 11.6 Å². The van der Waals surface area contributed by atoms with Crippen LogP contribution in [0.5, 0.6) is 0 Å². The molecule has 0 aliphatic rings. The van der Waals surface area contributed by atoms with Gasteiger partial charge < -0.3 is 15.7 Å². The van der Waals surface area contributed by atoms with Gasteiger partial charge in [0.2, 0.25) is 5.95 Å². The summed E-state index contributed by atoms with van der Waals surface area (Å²) in [6.07, 6.45) is 1.72. The first-order valence-electron chi connectivity index (χ1n) is 7.84. The average Bonchev–Trinajstić information content (AvgIpc) is 2.64. The van der Waals surface area contributed by atoms with Crippen molar-refractivity contribution < 1.29 is 5.11 Å². The molecule has 1 aromatic carbocycles. The van der Waals surface area contributed by atoms with E-state index in [-0.39, 0.29) is 12.6 Å². The van der Waals surface area contributed by atoms with Gasteiger partial charge >= 0.3 is 0 Å². The minimum Gasteiger partial charge on any atom is -0.394 e. The fourth-order valence-electron chi connectivity index (χ4n) is 2.17. The van der Waals surface area contributed by atoms with Gasteiger partial charge in [0.05, 0.1) is 18.0 Å². The average molecular weight is 356 g/mol. The largest absolute Gasteiger partial charge is 0.394 e. The molecule has 0 unspecified atom stereocenters. The number of aliphatic hydroxyl groups is 1. The zero-order valence-electron chi connectivity index (χ0n) is 13.6. The third kappa shape index (κ3) is 4.65. The molecule has 3 aromatic rings. The molecule has 0 aliphatic carbocycles. The predicted octanol–water partition coefficient (Wildman–Crippen LogP) is 3.73. The van der Waals surface area contributed by atoms with Gasteiger partial charge in [-0.2, -0.15) is 4.98 Å². The quantitative estimate of drug-likeness (QED) is 0.625. The van der Waals surface area contributed by atoms with Crippen molar-refractivity contribution in [2.24, 2.45) is 0 Å². The number of aromatic nitrogens is 3. The summed E-state index contributed by atoms with van der Waals surface area (Å²) in [5.41, 5.74) is 2.28. The van der Waals surface area contributed by atoms with Gasteiger partial charge in [-0.15, -0.1) is 0 Å². The van der Waals surface area contributed by atoms with Crippen molar-refractivity contribution in [1.29, 1.82) is 0 Å². The highest BCUT2D eigenvalue weighted by Gasteiger charge is 2.10. The minimum atomic E-state index is -0.164. The SMILES string of the molecule is C[C@H](CO)Nc1nc(Nc2ccc(Cl)cc2)cc(-c2ccccn2)n1. The molecule has 0 aliphatic heterocycles. The second kappa shape index (κ2) is 7.92. The van der Waals surface area contributed by atoms with Gasteiger partial charge in [0.1, 0.15) is 5.82 Å². The number of rotatable bonds is 6. The Morgan fingerprint density at radius 2 is 1.88 bits per heavy atom. The smallest absolute Gasteiger partial charge is 0.225 e. The Bertz CT molecular complexity index is 827. The van der Waals surface area contributed by atoms with Crippen LogP contribution in [0.25, 0.3) is 11.4 Å². The number of benzene rings is 1. The molecule has 0 spiro atoms. The first-order chi connectivity index (χ1) is 12.1. The van der Waals surface area contributed by atoms with Gasteiger partial charge in [-0.05, 0) is 43.3 Å². The molecule has 25 heavy (non-hydrogen) atoms. The molecule has 0 fully saturated rings. The summed E-state index contributed by atoms with van der Waals surface area (Å²) in [6, 6.07) is 14.6. The van der Waals surface area contributed by atoms with Crippen LogP contribution in [0.2, 0.25) is 5.02 Å². The van der Waals surface area contributed by atoms with Crippen LogP contribution in [0.1, 0.15) is 6.92 Å². The van der Waals surface area contributed by atoms with E-state index in [4.69, 9.17) is 11.6 Å². The number of nitrogens with one attached hydrogen (secondary N) is 2. The molecule has 0 saturated carbocycles. The van der Waals surface area contributed by atoms with E-state index in [1.165, 1.54) is 0 Å². The van der Waals surface area contributed by atoms with Crippen LogP contribution in [0.3, 0.4) is 0 Å². The van der Waals surface area contributed by atoms with Crippen molar-refractivity contribution in [3.63, 3.8) is 0 Å². The van der Waals surface area contributed by atoms with Gasteiger partial charge in [0, 0.05) is 29.0 Å². The molecule has 128 valence electrons. The molecule has 0 radical (unpaired) electrons. The lowest BCUT2D eigenvalue weighted by Crippen LogP contribution is -2.21. The van der Waals surface area contributed by atoms with Crippen molar-refractivity contribution in [2.75, 3.05) is 17.2 Å². The number of aliphatic hydroxyl groups excluding tert-OH is 1. The summed E-state index contributed by atoms with van der Waals surface area (Å²) in [5.74, 6) is 1.03. The highest BCUT2D eigenvalue weighted by atomic mass is 35.5. The molecular weight excluding hydrogens is 338 g/mol. The van der Waals surface area contributed by atoms with Gasteiger partial charge in [-0.25, -0.2) is 4.98 Å². The van der Waals surface area contributed by atoms with Crippen molar-refractivity contribution >= 4 is 29.1 Å². The molecule has 2 heterocycles. The van der Waals surface area contributed by atoms with E-state index >= 15 is 0 Å². The molecule has 6 nitrogen and oxygen atoms in total. The van der Waals surface area contributed by atoms with Gasteiger partial charge in [-0.3, -0.25) is 4.98 Å². The summed E-state index contributed by atoms with van der Waals surface area (Å²) in [4.78, 5) is 13.3. The first-order valence-corrected chi connectivity index (χ1v) is 8.22. The normalized spacial score (nSPS) is 11.8. The van der Waals surface area contributed by atoms with Crippen molar-refractivity contribution in [1.82, 2.24) is 15.0 Å². The van der Waals surface area contributed by atoms with Crippen LogP contribution < -0.4 is 10.6 Å². The molecule has 3 rings (SSSR count). The third-order valence-electron chi connectivity index (χ3n) is 3.42. The Labute approximate surface area is 150 Å². The number of anilines is 3. The fraction of sp³-hybridized carbons (Fsp3) is 0.167. The van der Waals surface area contributed by atoms with Gasteiger partial charge in [0.15, 0.2) is 0 Å². The van der Waals surface area contributed by atoms with E-state index in [1.54, 1.807) is 18.3 Å². The van der Waals surface area contributed by atoms with Crippen LogP contribution in [0, 0.1) is 0 Å². The monoisotopic (exact) mass is 355 g/mol. The number of halogens is 1. The number of hydrogen-bond donors (Lipinski definition) is 3. The molecule has 0 bridgehead atoms. The second-order valence-corrected chi connectivity index (χ2v) is 5.97. The maximum Gasteiger partial charge on any atom is 0.225 e. The van der Waals surface area contributed by atoms with Gasteiger partial charge in [0.25, 0.3) is 0 Å². The lowest BCUT2D eigenvalue weighted by molar-refractivity contribution is 0.281. The van der Waals surface area contributed by atoms with E-state index < -0.39 is 0 Å². The van der Waals surface area contributed by atoms with Crippen LogP contribution in [0.4, 0.5) is 17.5 Å². The van der Waals surface area contributed by atoms with E-state index in [0.717, 1.165) is 11.4 Å². The fourth-order valence-corrected chi connectivity index (χ4v) is 2.29. The lowest BCUT2D eigenvalue weighted by atomic mass is 10.2. The van der Waals surface area contributed by atoms with Crippen molar-refractivity contribution in [2.45, 2.75) is 13.0 Å². The highest BCUT2D eigenvalue weighted by Crippen LogP contribution is 2.23.